The Morgan fingerprint density at radius 1 is 0.867 bits per heavy atom. The lowest BCUT2D eigenvalue weighted by Crippen LogP contribution is -2.04. The van der Waals surface area contributed by atoms with Gasteiger partial charge in [-0.15, -0.1) is 0 Å². The van der Waals surface area contributed by atoms with Crippen molar-refractivity contribution in [2.24, 2.45) is 0 Å². The van der Waals surface area contributed by atoms with Crippen molar-refractivity contribution >= 4 is 49.1 Å². The van der Waals surface area contributed by atoms with Gasteiger partial charge in [0.15, 0.2) is 5.13 Å². The Morgan fingerprint density at radius 3 is 2.23 bits per heavy atom. The van der Waals surface area contributed by atoms with Gasteiger partial charge in [0, 0.05) is 17.1 Å². The lowest BCUT2D eigenvalue weighted by atomic mass is 10.0. The van der Waals surface area contributed by atoms with Crippen LogP contribution < -0.4 is 24.3 Å². The van der Waals surface area contributed by atoms with Crippen molar-refractivity contribution < 1.29 is 18.9 Å². The number of fused-ring (bicyclic) bond motifs is 2. The molecule has 156 valence electrons. The van der Waals surface area contributed by atoms with Gasteiger partial charge in [-0.2, -0.15) is 0 Å². The Morgan fingerprint density at radius 2 is 1.57 bits per heavy atom. The molecule has 0 bridgehead atoms. The summed E-state index contributed by atoms with van der Waals surface area (Å²) in [4.78, 5) is 4.62. The summed E-state index contributed by atoms with van der Waals surface area (Å²) in [5.41, 5.74) is 1.81. The quantitative estimate of drug-likeness (QED) is 0.391. The Hall–Kier alpha value is -2.90. The van der Waals surface area contributed by atoms with Crippen molar-refractivity contribution in [2.45, 2.75) is 6.54 Å². The Labute approximate surface area is 183 Å². The second-order valence-corrected chi connectivity index (χ2v) is 7.94. The molecule has 0 fully saturated rings. The molecule has 0 aliphatic carbocycles. The number of halogens is 1. The largest absolute Gasteiger partial charge is 0.496 e. The van der Waals surface area contributed by atoms with Crippen LogP contribution in [-0.4, -0.2) is 33.4 Å². The zero-order chi connectivity index (χ0) is 21.3. The molecule has 0 aliphatic rings. The van der Waals surface area contributed by atoms with E-state index in [1.807, 2.05) is 36.4 Å². The highest BCUT2D eigenvalue weighted by molar-refractivity contribution is 7.22. The molecule has 0 aliphatic heterocycles. The van der Waals surface area contributed by atoms with Gasteiger partial charge in [0.1, 0.15) is 23.0 Å². The summed E-state index contributed by atoms with van der Waals surface area (Å²) in [6.07, 6.45) is 0. The van der Waals surface area contributed by atoms with E-state index in [-0.39, 0.29) is 0 Å². The van der Waals surface area contributed by atoms with Crippen LogP contribution in [0.3, 0.4) is 0 Å². The molecule has 0 saturated carbocycles. The van der Waals surface area contributed by atoms with E-state index in [4.69, 9.17) is 30.5 Å². The van der Waals surface area contributed by atoms with E-state index in [1.165, 1.54) is 0 Å². The first-order chi connectivity index (χ1) is 14.6. The SMILES string of the molecule is COc1ccc(OC)c2c(OC)c(CNc3nc4ccc(Cl)cc4s3)cc(OC)c12. The van der Waals surface area contributed by atoms with Crippen molar-refractivity contribution in [3.05, 3.63) is 47.0 Å². The summed E-state index contributed by atoms with van der Waals surface area (Å²) in [6, 6.07) is 11.3. The first-order valence-corrected chi connectivity index (χ1v) is 10.4. The summed E-state index contributed by atoms with van der Waals surface area (Å²) in [5, 5.41) is 6.47. The average molecular weight is 445 g/mol. The zero-order valence-electron chi connectivity index (χ0n) is 17.0. The highest BCUT2D eigenvalue weighted by atomic mass is 35.5. The molecule has 0 unspecified atom stereocenters. The minimum Gasteiger partial charge on any atom is -0.496 e. The van der Waals surface area contributed by atoms with Crippen LogP contribution >= 0.6 is 22.9 Å². The van der Waals surface area contributed by atoms with Crippen LogP contribution in [0, 0.1) is 0 Å². The van der Waals surface area contributed by atoms with Crippen molar-refractivity contribution in [1.29, 1.82) is 0 Å². The maximum atomic E-state index is 6.09. The van der Waals surface area contributed by atoms with Gasteiger partial charge in [-0.1, -0.05) is 22.9 Å². The number of rotatable bonds is 7. The van der Waals surface area contributed by atoms with Crippen LogP contribution in [0.2, 0.25) is 5.02 Å². The van der Waals surface area contributed by atoms with Crippen LogP contribution in [0.1, 0.15) is 5.56 Å². The third-order valence-corrected chi connectivity index (χ3v) is 6.05. The number of hydrogen-bond acceptors (Lipinski definition) is 7. The second-order valence-electron chi connectivity index (χ2n) is 6.48. The molecular formula is C22H21ClN2O4S. The number of nitrogens with one attached hydrogen (secondary N) is 1. The molecule has 1 heterocycles. The summed E-state index contributed by atoms with van der Waals surface area (Å²) in [5.74, 6) is 2.73. The Balaban J connectivity index is 1.79. The van der Waals surface area contributed by atoms with Gasteiger partial charge in [-0.05, 0) is 36.4 Å². The second kappa shape index (κ2) is 8.45. The van der Waals surface area contributed by atoms with Crippen LogP contribution in [-0.2, 0) is 6.54 Å². The van der Waals surface area contributed by atoms with Crippen molar-refractivity contribution in [3.63, 3.8) is 0 Å². The maximum Gasteiger partial charge on any atom is 0.184 e. The molecule has 0 amide bonds. The van der Waals surface area contributed by atoms with Crippen LogP contribution in [0.25, 0.3) is 21.0 Å². The highest BCUT2D eigenvalue weighted by Gasteiger charge is 2.21. The Kier molecular flexibility index (Phi) is 5.74. The molecule has 0 spiro atoms. The van der Waals surface area contributed by atoms with Gasteiger partial charge in [-0.3, -0.25) is 0 Å². The van der Waals surface area contributed by atoms with E-state index in [0.29, 0.717) is 34.6 Å². The van der Waals surface area contributed by atoms with E-state index in [1.54, 1.807) is 39.8 Å². The molecular weight excluding hydrogens is 424 g/mol. The molecule has 0 radical (unpaired) electrons. The number of methoxy groups -OCH3 is 4. The third kappa shape index (κ3) is 3.55. The van der Waals surface area contributed by atoms with Crippen molar-refractivity contribution in [3.8, 4) is 23.0 Å². The molecule has 0 atom stereocenters. The van der Waals surface area contributed by atoms with E-state index in [0.717, 1.165) is 31.7 Å². The predicted molar refractivity (Wildman–Crippen MR) is 122 cm³/mol. The fourth-order valence-corrected chi connectivity index (χ4v) is 4.64. The monoisotopic (exact) mass is 444 g/mol. The number of ether oxygens (including phenoxy) is 4. The van der Waals surface area contributed by atoms with Crippen LogP contribution in [0.15, 0.2) is 36.4 Å². The van der Waals surface area contributed by atoms with E-state index in [2.05, 4.69) is 10.3 Å². The molecule has 3 aromatic carbocycles. The smallest absolute Gasteiger partial charge is 0.184 e. The first kappa shape index (κ1) is 20.4. The number of anilines is 1. The molecule has 1 N–H and O–H groups in total. The molecule has 1 aromatic heterocycles. The van der Waals surface area contributed by atoms with E-state index < -0.39 is 0 Å². The Bertz CT molecular complexity index is 1230. The number of thiazole rings is 1. The topological polar surface area (TPSA) is 61.8 Å². The lowest BCUT2D eigenvalue weighted by Gasteiger charge is -2.19. The highest BCUT2D eigenvalue weighted by Crippen LogP contribution is 2.46. The minimum absolute atomic E-state index is 0.489. The summed E-state index contributed by atoms with van der Waals surface area (Å²) in [7, 11) is 6.53. The van der Waals surface area contributed by atoms with Crippen molar-refractivity contribution in [1.82, 2.24) is 4.98 Å². The molecule has 4 rings (SSSR count). The normalized spacial score (nSPS) is 11.0. The average Bonchev–Trinajstić information content (AvgIpc) is 3.17. The number of benzene rings is 3. The van der Waals surface area contributed by atoms with Crippen molar-refractivity contribution in [2.75, 3.05) is 33.8 Å². The number of aromatic nitrogens is 1. The fraction of sp³-hybridized carbons (Fsp3) is 0.227. The molecule has 0 saturated heterocycles. The first-order valence-electron chi connectivity index (χ1n) is 9.18. The number of hydrogen-bond donors (Lipinski definition) is 1. The summed E-state index contributed by atoms with van der Waals surface area (Å²) >= 11 is 7.64. The predicted octanol–water partition coefficient (Wildman–Crippen LogP) is 5.75. The lowest BCUT2D eigenvalue weighted by molar-refractivity contribution is 0.390. The number of nitrogens with zero attached hydrogens (tertiary/aromatic N) is 1. The summed E-state index contributed by atoms with van der Waals surface area (Å²) < 4.78 is 23.7. The zero-order valence-corrected chi connectivity index (χ0v) is 18.6. The molecule has 30 heavy (non-hydrogen) atoms. The van der Waals surface area contributed by atoms with E-state index >= 15 is 0 Å². The van der Waals surface area contributed by atoms with Gasteiger partial charge in [-0.25, -0.2) is 4.98 Å². The van der Waals surface area contributed by atoms with Gasteiger partial charge in [0.25, 0.3) is 0 Å². The van der Waals surface area contributed by atoms with Gasteiger partial charge >= 0.3 is 0 Å². The standard InChI is InChI=1S/C22H21ClN2O4S/c1-26-15-7-8-16(27-2)20-19(15)17(28-3)9-12(21(20)29-4)11-24-22-25-14-6-5-13(23)10-18(14)30-22/h5-10H,11H2,1-4H3,(H,24,25). The molecule has 8 heteroatoms. The summed E-state index contributed by atoms with van der Waals surface area (Å²) in [6.45, 7) is 0.489. The molecule has 6 nitrogen and oxygen atoms in total. The van der Waals surface area contributed by atoms with Gasteiger partial charge in [0.05, 0.1) is 49.4 Å². The van der Waals surface area contributed by atoms with Gasteiger partial charge in [0.2, 0.25) is 0 Å². The van der Waals surface area contributed by atoms with E-state index in [9.17, 15) is 0 Å². The van der Waals surface area contributed by atoms with Crippen LogP contribution in [0.4, 0.5) is 5.13 Å². The van der Waals surface area contributed by atoms with Gasteiger partial charge < -0.3 is 24.3 Å². The maximum absolute atomic E-state index is 6.09. The van der Waals surface area contributed by atoms with Crippen LogP contribution in [0.5, 0.6) is 23.0 Å². The fourth-order valence-electron chi connectivity index (χ4n) is 3.50. The minimum atomic E-state index is 0.489. The third-order valence-electron chi connectivity index (χ3n) is 4.84. The molecule has 4 aromatic rings.